The van der Waals surface area contributed by atoms with E-state index in [2.05, 4.69) is 0 Å². The third-order valence-electron chi connectivity index (χ3n) is 2.76. The number of anilines is 1. The first-order valence-corrected chi connectivity index (χ1v) is 9.15. The van der Waals surface area contributed by atoms with E-state index >= 15 is 0 Å². The number of nitrogens with two attached hydrogens (primary N) is 1. The number of benzene rings is 1. The molecule has 0 aliphatic rings. The molecule has 120 valence electrons. The van der Waals surface area contributed by atoms with Gasteiger partial charge in [0, 0.05) is 36.5 Å². The van der Waals surface area contributed by atoms with Crippen LogP contribution in [0.25, 0.3) is 0 Å². The van der Waals surface area contributed by atoms with Gasteiger partial charge in [-0.15, -0.1) is 11.8 Å². The molecule has 0 saturated heterocycles. The highest BCUT2D eigenvalue weighted by atomic mass is 32.2. The first-order chi connectivity index (χ1) is 9.99. The average molecular weight is 334 g/mol. The molecule has 0 fully saturated rings. The number of hydrogen-bond acceptors (Lipinski definition) is 6. The molecule has 0 unspecified atom stereocenters. The summed E-state index contributed by atoms with van der Waals surface area (Å²) < 4.78 is 30.6. The Bertz CT molecular complexity index is 523. The summed E-state index contributed by atoms with van der Waals surface area (Å²) in [5, 5.41) is 8.97. The number of sulfonamides is 1. The highest BCUT2D eigenvalue weighted by Gasteiger charge is 2.20. The van der Waals surface area contributed by atoms with Crippen LogP contribution in [0.4, 0.5) is 5.69 Å². The minimum atomic E-state index is -3.40. The van der Waals surface area contributed by atoms with Crippen molar-refractivity contribution in [2.24, 2.45) is 0 Å². The van der Waals surface area contributed by atoms with Crippen molar-refractivity contribution in [1.29, 1.82) is 0 Å². The van der Waals surface area contributed by atoms with E-state index in [1.807, 2.05) is 18.2 Å². The van der Waals surface area contributed by atoms with Crippen LogP contribution < -0.4 is 5.73 Å². The Morgan fingerprint density at radius 3 is 2.76 bits per heavy atom. The number of aliphatic hydroxyl groups is 1. The zero-order valence-electron chi connectivity index (χ0n) is 12.1. The molecule has 0 bridgehead atoms. The van der Waals surface area contributed by atoms with Gasteiger partial charge in [-0.2, -0.15) is 4.31 Å². The number of ether oxygens (including phenoxy) is 1. The van der Waals surface area contributed by atoms with Gasteiger partial charge in [0.15, 0.2) is 0 Å². The van der Waals surface area contributed by atoms with E-state index in [0.717, 1.165) is 4.90 Å². The molecular weight excluding hydrogens is 312 g/mol. The molecule has 8 heteroatoms. The second kappa shape index (κ2) is 9.26. The predicted molar refractivity (Wildman–Crippen MR) is 85.9 cm³/mol. The average Bonchev–Trinajstić information content (AvgIpc) is 2.43. The normalized spacial score (nSPS) is 12.0. The van der Waals surface area contributed by atoms with Crippen molar-refractivity contribution >= 4 is 27.5 Å². The minimum absolute atomic E-state index is 0.0101. The summed E-state index contributed by atoms with van der Waals surface area (Å²) in [5.74, 6) is 0.441. The molecule has 0 spiro atoms. The molecule has 0 aliphatic heterocycles. The zero-order chi connectivity index (χ0) is 15.7. The molecule has 1 rings (SSSR count). The van der Waals surface area contributed by atoms with Crippen molar-refractivity contribution in [3.05, 3.63) is 24.3 Å². The number of rotatable bonds is 10. The summed E-state index contributed by atoms with van der Waals surface area (Å²) in [5.41, 5.74) is 6.33. The molecule has 21 heavy (non-hydrogen) atoms. The largest absolute Gasteiger partial charge is 0.399 e. The molecule has 0 aliphatic carbocycles. The van der Waals surface area contributed by atoms with Crippen LogP contribution in [0, 0.1) is 0 Å². The highest BCUT2D eigenvalue weighted by molar-refractivity contribution is 8.00. The Hall–Kier alpha value is -0.800. The third-order valence-corrected chi connectivity index (χ3v) is 5.88. The lowest BCUT2D eigenvalue weighted by Crippen LogP contribution is -2.38. The van der Waals surface area contributed by atoms with E-state index in [-0.39, 0.29) is 25.4 Å². The van der Waals surface area contributed by atoms with Crippen molar-refractivity contribution in [2.45, 2.75) is 4.90 Å². The van der Waals surface area contributed by atoms with Crippen LogP contribution in [-0.2, 0) is 14.8 Å². The Morgan fingerprint density at radius 2 is 2.14 bits per heavy atom. The van der Waals surface area contributed by atoms with Crippen LogP contribution in [0.15, 0.2) is 29.2 Å². The molecule has 1 aromatic carbocycles. The Kier molecular flexibility index (Phi) is 8.05. The van der Waals surface area contributed by atoms with Crippen molar-refractivity contribution in [1.82, 2.24) is 4.31 Å². The van der Waals surface area contributed by atoms with E-state index in [9.17, 15) is 8.42 Å². The molecule has 0 atom stereocenters. The lowest BCUT2D eigenvalue weighted by Gasteiger charge is -2.20. The van der Waals surface area contributed by atoms with E-state index in [1.54, 1.807) is 6.07 Å². The van der Waals surface area contributed by atoms with Crippen molar-refractivity contribution in [2.75, 3.05) is 50.7 Å². The van der Waals surface area contributed by atoms with Gasteiger partial charge < -0.3 is 15.6 Å². The fourth-order valence-corrected chi connectivity index (χ4v) is 4.47. The number of hydrogen-bond donors (Lipinski definition) is 2. The standard InChI is InChI=1S/C13H22N2O4S2/c1-19-8-6-15(5-7-16)21(17,18)10-9-20-13-4-2-3-12(14)11-13/h2-4,11,16H,5-10,14H2,1H3. The van der Waals surface area contributed by atoms with Crippen LogP contribution in [0.3, 0.4) is 0 Å². The molecule has 0 radical (unpaired) electrons. The Balaban J connectivity index is 2.53. The fraction of sp³-hybridized carbons (Fsp3) is 0.538. The van der Waals surface area contributed by atoms with Gasteiger partial charge in [0.05, 0.1) is 19.0 Å². The third kappa shape index (κ3) is 6.66. The van der Waals surface area contributed by atoms with E-state index in [1.165, 1.54) is 23.2 Å². The maximum Gasteiger partial charge on any atom is 0.215 e. The van der Waals surface area contributed by atoms with Gasteiger partial charge >= 0.3 is 0 Å². The van der Waals surface area contributed by atoms with Crippen LogP contribution in [0.5, 0.6) is 0 Å². The maximum atomic E-state index is 12.2. The predicted octanol–water partition coefficient (Wildman–Crippen LogP) is 0.631. The van der Waals surface area contributed by atoms with E-state index in [0.29, 0.717) is 18.0 Å². The summed E-state index contributed by atoms with van der Waals surface area (Å²) in [6.07, 6.45) is 0. The second-order valence-corrected chi connectivity index (χ2v) is 7.61. The number of nitrogen functional groups attached to an aromatic ring is 1. The van der Waals surface area contributed by atoms with Crippen LogP contribution in [-0.4, -0.2) is 62.7 Å². The van der Waals surface area contributed by atoms with E-state index < -0.39 is 10.0 Å². The van der Waals surface area contributed by atoms with Crippen molar-refractivity contribution in [3.63, 3.8) is 0 Å². The molecule has 0 aromatic heterocycles. The summed E-state index contributed by atoms with van der Waals surface area (Å²) in [4.78, 5) is 0.941. The van der Waals surface area contributed by atoms with Crippen molar-refractivity contribution in [3.8, 4) is 0 Å². The molecule has 0 heterocycles. The second-order valence-electron chi connectivity index (χ2n) is 4.35. The summed E-state index contributed by atoms with van der Waals surface area (Å²) in [7, 11) is -1.88. The lowest BCUT2D eigenvalue weighted by atomic mass is 10.3. The van der Waals surface area contributed by atoms with Gasteiger partial charge in [-0.25, -0.2) is 8.42 Å². The smallest absolute Gasteiger partial charge is 0.215 e. The SMILES string of the molecule is COCCN(CCO)S(=O)(=O)CCSc1cccc(N)c1. The zero-order valence-corrected chi connectivity index (χ0v) is 13.7. The molecule has 0 amide bonds. The van der Waals surface area contributed by atoms with Gasteiger partial charge in [0.2, 0.25) is 10.0 Å². The molecule has 0 saturated carbocycles. The molecule has 1 aromatic rings. The summed E-state index contributed by atoms with van der Waals surface area (Å²) in [6, 6.07) is 7.33. The number of nitrogens with zero attached hydrogens (tertiary/aromatic N) is 1. The van der Waals surface area contributed by atoms with Gasteiger partial charge in [0.1, 0.15) is 0 Å². The minimum Gasteiger partial charge on any atom is -0.399 e. The Labute approximate surface area is 130 Å². The van der Waals surface area contributed by atoms with Crippen molar-refractivity contribution < 1.29 is 18.3 Å². The quantitative estimate of drug-likeness (QED) is 0.482. The summed E-state index contributed by atoms with van der Waals surface area (Å²) >= 11 is 1.44. The highest BCUT2D eigenvalue weighted by Crippen LogP contribution is 2.20. The van der Waals surface area contributed by atoms with E-state index in [4.69, 9.17) is 15.6 Å². The Morgan fingerprint density at radius 1 is 1.38 bits per heavy atom. The first kappa shape index (κ1) is 18.2. The molecule has 6 nitrogen and oxygen atoms in total. The number of methoxy groups -OCH3 is 1. The fourth-order valence-electron chi connectivity index (χ4n) is 1.69. The van der Waals surface area contributed by atoms with Gasteiger partial charge in [-0.05, 0) is 18.2 Å². The monoisotopic (exact) mass is 334 g/mol. The summed E-state index contributed by atoms with van der Waals surface area (Å²) in [6.45, 7) is 0.448. The van der Waals surface area contributed by atoms with Gasteiger partial charge in [0.25, 0.3) is 0 Å². The number of aliphatic hydroxyl groups excluding tert-OH is 1. The van der Waals surface area contributed by atoms with Gasteiger partial charge in [-0.1, -0.05) is 6.07 Å². The first-order valence-electron chi connectivity index (χ1n) is 6.55. The lowest BCUT2D eigenvalue weighted by molar-refractivity contribution is 0.169. The topological polar surface area (TPSA) is 92.9 Å². The number of thioether (sulfide) groups is 1. The van der Waals surface area contributed by atoms with Crippen LogP contribution in [0.2, 0.25) is 0 Å². The molecule has 3 N–H and O–H groups in total. The van der Waals surface area contributed by atoms with Crippen LogP contribution in [0.1, 0.15) is 0 Å². The molecular formula is C13H22N2O4S2. The van der Waals surface area contributed by atoms with Crippen LogP contribution >= 0.6 is 11.8 Å². The van der Waals surface area contributed by atoms with Gasteiger partial charge in [-0.3, -0.25) is 0 Å². The maximum absolute atomic E-state index is 12.2.